The maximum Gasteiger partial charge on any atom is 0.459 e. The number of rotatable bonds is 10. The van der Waals surface area contributed by atoms with E-state index in [1.54, 1.807) is 51.1 Å². The summed E-state index contributed by atoms with van der Waals surface area (Å²) < 4.78 is 42.0. The lowest BCUT2D eigenvalue weighted by Crippen LogP contribution is -2.37. The van der Waals surface area contributed by atoms with Gasteiger partial charge in [0.2, 0.25) is 0 Å². The monoisotopic (exact) mass is 497 g/mol. The number of para-hydroxylation sites is 1. The fourth-order valence-corrected chi connectivity index (χ4v) is 4.45. The molecule has 1 aromatic carbocycles. The van der Waals surface area contributed by atoms with E-state index in [1.165, 1.54) is 17.7 Å². The van der Waals surface area contributed by atoms with Crippen molar-refractivity contribution in [3.8, 4) is 5.75 Å². The summed E-state index contributed by atoms with van der Waals surface area (Å²) in [6, 6.07) is 7.30. The number of hydrogen-bond acceptors (Lipinski definition) is 9. The number of ether oxygens (including phenoxy) is 3. The van der Waals surface area contributed by atoms with Crippen LogP contribution in [0.15, 0.2) is 46.1 Å². The molecule has 1 fully saturated rings. The van der Waals surface area contributed by atoms with Crippen LogP contribution in [0.3, 0.4) is 0 Å². The first-order chi connectivity index (χ1) is 16.1. The number of hydrogen-bond donors (Lipinski definition) is 2. The Morgan fingerprint density at radius 2 is 1.97 bits per heavy atom. The number of nitrogens with one attached hydrogen (secondary N) is 2. The molecule has 2 heterocycles. The van der Waals surface area contributed by atoms with Gasteiger partial charge in [-0.1, -0.05) is 18.2 Å². The average Bonchev–Trinajstić information content (AvgIpc) is 3.24. The van der Waals surface area contributed by atoms with Crippen LogP contribution in [-0.4, -0.2) is 47.2 Å². The molecule has 1 aliphatic rings. The molecule has 0 aliphatic carbocycles. The molecular weight excluding hydrogens is 469 g/mol. The molecule has 2 N–H and O–H groups in total. The van der Waals surface area contributed by atoms with Crippen molar-refractivity contribution < 1.29 is 32.6 Å². The Balaban J connectivity index is 1.68. The summed E-state index contributed by atoms with van der Waals surface area (Å²) in [7, 11) is -4.09. The van der Waals surface area contributed by atoms with Gasteiger partial charge in [0.05, 0.1) is 12.7 Å². The molecule has 1 aromatic heterocycles. The summed E-state index contributed by atoms with van der Waals surface area (Å²) in [6.45, 7) is 6.08. The number of aromatic amines is 1. The van der Waals surface area contributed by atoms with E-state index < -0.39 is 43.5 Å². The van der Waals surface area contributed by atoms with Gasteiger partial charge in [0.1, 0.15) is 18.4 Å². The summed E-state index contributed by atoms with van der Waals surface area (Å²) in [4.78, 5) is 38.1. The van der Waals surface area contributed by atoms with Gasteiger partial charge >= 0.3 is 19.4 Å². The van der Waals surface area contributed by atoms with Crippen LogP contribution in [-0.2, 0) is 28.1 Å². The van der Waals surface area contributed by atoms with Crippen molar-refractivity contribution in [2.24, 2.45) is 0 Å². The Bertz CT molecular complexity index is 1150. The molecule has 4 atom stereocenters. The Kier molecular flexibility index (Phi) is 8.45. The fourth-order valence-electron chi connectivity index (χ4n) is 2.97. The van der Waals surface area contributed by atoms with Crippen LogP contribution in [0.25, 0.3) is 0 Å². The lowest BCUT2D eigenvalue weighted by Gasteiger charge is -2.24. The summed E-state index contributed by atoms with van der Waals surface area (Å²) in [5.74, 6) is -0.374. The van der Waals surface area contributed by atoms with Crippen LogP contribution < -0.4 is 20.9 Å². The maximum absolute atomic E-state index is 13.5. The Hall–Kier alpha value is -2.76. The minimum absolute atomic E-state index is 0.00614. The van der Waals surface area contributed by atoms with Crippen molar-refractivity contribution >= 4 is 13.7 Å². The van der Waals surface area contributed by atoms with Gasteiger partial charge in [0, 0.05) is 11.8 Å². The van der Waals surface area contributed by atoms with E-state index in [-0.39, 0.29) is 25.1 Å². The molecule has 1 aliphatic heterocycles. The van der Waals surface area contributed by atoms with Gasteiger partial charge in [0.15, 0.2) is 12.5 Å². The van der Waals surface area contributed by atoms with Crippen molar-refractivity contribution in [3.63, 3.8) is 0 Å². The second-order valence-electron chi connectivity index (χ2n) is 7.87. The van der Waals surface area contributed by atoms with E-state index in [1.807, 2.05) is 0 Å². The van der Waals surface area contributed by atoms with Crippen LogP contribution in [0.5, 0.6) is 5.75 Å². The second kappa shape index (κ2) is 11.1. The largest absolute Gasteiger partial charge is 0.462 e. The lowest BCUT2D eigenvalue weighted by atomic mass is 10.3. The number of nitrogens with zero attached hydrogens (tertiary/aromatic N) is 1. The smallest absolute Gasteiger partial charge is 0.459 e. The van der Waals surface area contributed by atoms with Crippen LogP contribution in [0.1, 0.15) is 32.6 Å². The Morgan fingerprint density at radius 3 is 2.65 bits per heavy atom. The first kappa shape index (κ1) is 25.9. The minimum atomic E-state index is -4.09. The van der Waals surface area contributed by atoms with Gasteiger partial charge < -0.3 is 18.7 Å². The van der Waals surface area contributed by atoms with Crippen molar-refractivity contribution in [3.05, 3.63) is 62.9 Å². The number of benzene rings is 1. The highest BCUT2D eigenvalue weighted by molar-refractivity contribution is 7.52. The molecule has 0 saturated carbocycles. The standard InChI is InChI=1S/C21H28N3O9P/c1-13(2)31-20(26)15(4)23-34(28,33-16-8-6-5-7-9-16)30-12-18-29-11-17(32-18)24-10-14(3)19(25)22-21(24)27/h5-10,13,15,17-18H,11-12H2,1-4H3,(H,23,28)(H,22,25,27)/t15-,17+,18+,34?/m0/s1. The van der Waals surface area contributed by atoms with Crippen molar-refractivity contribution in [1.29, 1.82) is 0 Å². The summed E-state index contributed by atoms with van der Waals surface area (Å²) in [6.07, 6.45) is -0.800. The van der Waals surface area contributed by atoms with E-state index in [4.69, 9.17) is 23.3 Å². The first-order valence-electron chi connectivity index (χ1n) is 10.6. The number of H-pyrrole nitrogens is 1. The van der Waals surface area contributed by atoms with Gasteiger partial charge in [0.25, 0.3) is 5.56 Å². The molecule has 0 bridgehead atoms. The van der Waals surface area contributed by atoms with Crippen LogP contribution in [0.2, 0.25) is 0 Å². The molecule has 3 rings (SSSR count). The Labute approximate surface area is 195 Å². The van der Waals surface area contributed by atoms with E-state index in [0.717, 1.165) is 0 Å². The number of aromatic nitrogens is 2. The highest BCUT2D eigenvalue weighted by Crippen LogP contribution is 2.45. The van der Waals surface area contributed by atoms with Gasteiger partial charge in [-0.3, -0.25) is 23.7 Å². The molecule has 34 heavy (non-hydrogen) atoms. The number of carbonyl (C=O) groups excluding carboxylic acids is 1. The Morgan fingerprint density at radius 1 is 1.26 bits per heavy atom. The summed E-state index contributed by atoms with van der Waals surface area (Å²) >= 11 is 0. The van der Waals surface area contributed by atoms with Gasteiger partial charge in [-0.25, -0.2) is 9.36 Å². The third-order valence-corrected chi connectivity index (χ3v) is 6.24. The van der Waals surface area contributed by atoms with Crippen LogP contribution in [0, 0.1) is 6.92 Å². The van der Waals surface area contributed by atoms with Gasteiger partial charge in [-0.15, -0.1) is 0 Å². The molecule has 12 nitrogen and oxygen atoms in total. The minimum Gasteiger partial charge on any atom is -0.462 e. The normalized spacial score (nSPS) is 20.6. The maximum atomic E-state index is 13.5. The SMILES string of the molecule is Cc1cn([C@H]2CO[C@@H](COP(=O)(N[C@@H](C)C(=O)OC(C)C)Oc3ccccc3)O2)c(=O)[nH]c1=O. The third-order valence-electron chi connectivity index (χ3n) is 4.60. The molecular formula is C21H28N3O9P. The van der Waals surface area contributed by atoms with Crippen LogP contribution in [0.4, 0.5) is 0 Å². The molecule has 0 spiro atoms. The third kappa shape index (κ3) is 6.87. The first-order valence-corrected chi connectivity index (χ1v) is 12.2. The molecule has 1 unspecified atom stereocenters. The van der Waals surface area contributed by atoms with Crippen molar-refractivity contribution in [2.45, 2.75) is 52.4 Å². The molecule has 1 saturated heterocycles. The zero-order valence-electron chi connectivity index (χ0n) is 19.3. The van der Waals surface area contributed by atoms with E-state index in [2.05, 4.69) is 10.1 Å². The van der Waals surface area contributed by atoms with Gasteiger partial charge in [-0.05, 0) is 39.8 Å². The zero-order valence-corrected chi connectivity index (χ0v) is 20.2. The highest BCUT2D eigenvalue weighted by atomic mass is 31.2. The summed E-state index contributed by atoms with van der Waals surface area (Å²) in [5.41, 5.74) is -0.812. The van der Waals surface area contributed by atoms with E-state index >= 15 is 0 Å². The van der Waals surface area contributed by atoms with Crippen molar-refractivity contribution in [2.75, 3.05) is 13.2 Å². The second-order valence-corrected chi connectivity index (χ2v) is 9.56. The molecule has 186 valence electrons. The number of esters is 1. The zero-order chi connectivity index (χ0) is 24.9. The highest BCUT2D eigenvalue weighted by Gasteiger charge is 2.36. The van der Waals surface area contributed by atoms with Crippen LogP contribution >= 0.6 is 7.75 Å². The average molecular weight is 497 g/mol. The molecule has 0 amide bonds. The fraction of sp³-hybridized carbons (Fsp3) is 0.476. The van der Waals surface area contributed by atoms with Crippen molar-refractivity contribution in [1.82, 2.24) is 14.6 Å². The predicted octanol–water partition coefficient (Wildman–Crippen LogP) is 1.85. The number of aryl methyl sites for hydroxylation is 1. The quantitative estimate of drug-likeness (QED) is 0.368. The van der Waals surface area contributed by atoms with Gasteiger partial charge in [-0.2, -0.15) is 5.09 Å². The predicted molar refractivity (Wildman–Crippen MR) is 120 cm³/mol. The van der Waals surface area contributed by atoms with E-state index in [9.17, 15) is 18.9 Å². The molecule has 0 radical (unpaired) electrons. The summed E-state index contributed by atoms with van der Waals surface area (Å²) in [5, 5.41) is 2.57. The number of carbonyl (C=O) groups is 1. The van der Waals surface area contributed by atoms with E-state index in [0.29, 0.717) is 5.56 Å². The molecule has 2 aromatic rings. The molecule has 13 heteroatoms. The lowest BCUT2D eigenvalue weighted by molar-refractivity contribution is -0.149. The topological polar surface area (TPSA) is 147 Å².